The first-order chi connectivity index (χ1) is 13.6. The summed E-state index contributed by atoms with van der Waals surface area (Å²) in [6.07, 6.45) is 6.39. The van der Waals surface area contributed by atoms with Crippen LogP contribution in [0.5, 0.6) is 0 Å². The maximum atomic E-state index is 14.4. The molecule has 6 nitrogen and oxygen atoms in total. The van der Waals surface area contributed by atoms with E-state index >= 15 is 0 Å². The van der Waals surface area contributed by atoms with E-state index < -0.39 is 11.6 Å². The zero-order valence-electron chi connectivity index (χ0n) is 15.2. The van der Waals surface area contributed by atoms with Crippen LogP contribution in [0.2, 0.25) is 0 Å². The van der Waals surface area contributed by atoms with Crippen LogP contribution in [0, 0.1) is 11.6 Å². The fourth-order valence-electron chi connectivity index (χ4n) is 4.23. The Labute approximate surface area is 160 Å². The van der Waals surface area contributed by atoms with E-state index in [1.54, 1.807) is 21.8 Å². The van der Waals surface area contributed by atoms with Gasteiger partial charge in [0, 0.05) is 31.3 Å². The molecule has 144 valence electrons. The van der Waals surface area contributed by atoms with Gasteiger partial charge in [-0.15, -0.1) is 0 Å². The molecule has 0 spiro atoms. The molecular weight excluding hydrogens is 364 g/mol. The molecule has 2 saturated heterocycles. The number of carbonyl (C=O) groups excluding carboxylic acids is 1. The molecule has 28 heavy (non-hydrogen) atoms. The first kappa shape index (κ1) is 17.1. The molecule has 0 saturated carbocycles. The zero-order valence-corrected chi connectivity index (χ0v) is 15.2. The highest BCUT2D eigenvalue weighted by Gasteiger charge is 2.31. The summed E-state index contributed by atoms with van der Waals surface area (Å²) in [5.74, 6) is -0.112. The van der Waals surface area contributed by atoms with Crippen LogP contribution in [0.3, 0.4) is 0 Å². The Hall–Kier alpha value is -3.03. The largest absolute Gasteiger partial charge is 0.349 e. The van der Waals surface area contributed by atoms with Crippen LogP contribution in [0.15, 0.2) is 36.7 Å². The molecule has 1 atom stereocenters. The van der Waals surface area contributed by atoms with Crippen molar-refractivity contribution >= 4 is 23.1 Å². The molecule has 4 heterocycles. The summed E-state index contributed by atoms with van der Waals surface area (Å²) >= 11 is 0. The SMILES string of the molecule is O=C1CCCN1c1cnn2ccc(N3CCC[C@@H]3c3cc(F)ccc3F)nc12. The van der Waals surface area contributed by atoms with Crippen molar-refractivity contribution in [1.82, 2.24) is 14.6 Å². The molecule has 5 rings (SSSR count). The van der Waals surface area contributed by atoms with Gasteiger partial charge in [0.05, 0.1) is 12.2 Å². The van der Waals surface area contributed by atoms with Crippen molar-refractivity contribution < 1.29 is 13.6 Å². The highest BCUT2D eigenvalue weighted by Crippen LogP contribution is 2.37. The zero-order chi connectivity index (χ0) is 19.3. The van der Waals surface area contributed by atoms with Gasteiger partial charge in [0.25, 0.3) is 0 Å². The topological polar surface area (TPSA) is 53.7 Å². The number of nitrogens with zero attached hydrogens (tertiary/aromatic N) is 5. The summed E-state index contributed by atoms with van der Waals surface area (Å²) in [6, 6.07) is 5.13. The van der Waals surface area contributed by atoms with E-state index in [1.807, 2.05) is 11.0 Å². The number of anilines is 2. The van der Waals surface area contributed by atoms with Gasteiger partial charge in [-0.1, -0.05) is 0 Å². The van der Waals surface area contributed by atoms with E-state index in [4.69, 9.17) is 4.98 Å². The summed E-state index contributed by atoms with van der Waals surface area (Å²) in [5.41, 5.74) is 1.64. The number of hydrogen-bond donors (Lipinski definition) is 0. The molecule has 2 aliphatic rings. The summed E-state index contributed by atoms with van der Waals surface area (Å²) in [4.78, 5) is 20.6. The van der Waals surface area contributed by atoms with Gasteiger partial charge in [0.1, 0.15) is 23.1 Å². The maximum absolute atomic E-state index is 14.4. The monoisotopic (exact) mass is 383 g/mol. The molecule has 0 unspecified atom stereocenters. The van der Waals surface area contributed by atoms with Gasteiger partial charge < -0.3 is 9.80 Å². The molecule has 2 aromatic heterocycles. The van der Waals surface area contributed by atoms with E-state index in [9.17, 15) is 13.6 Å². The minimum Gasteiger partial charge on any atom is -0.349 e. The number of carbonyl (C=O) groups is 1. The lowest BCUT2D eigenvalue weighted by Crippen LogP contribution is -2.25. The van der Waals surface area contributed by atoms with E-state index in [-0.39, 0.29) is 11.9 Å². The molecule has 2 aliphatic heterocycles. The van der Waals surface area contributed by atoms with Gasteiger partial charge >= 0.3 is 0 Å². The molecule has 8 heteroatoms. The minimum absolute atomic E-state index is 0.0722. The minimum atomic E-state index is -0.447. The van der Waals surface area contributed by atoms with Crippen molar-refractivity contribution in [3.05, 3.63) is 53.9 Å². The average molecular weight is 383 g/mol. The van der Waals surface area contributed by atoms with Crippen molar-refractivity contribution in [2.75, 3.05) is 22.9 Å². The van der Waals surface area contributed by atoms with Crippen molar-refractivity contribution in [2.45, 2.75) is 31.7 Å². The van der Waals surface area contributed by atoms with E-state index in [0.717, 1.165) is 25.3 Å². The van der Waals surface area contributed by atoms with Crippen molar-refractivity contribution in [2.24, 2.45) is 0 Å². The fraction of sp³-hybridized carbons (Fsp3) is 0.350. The third-order valence-corrected chi connectivity index (χ3v) is 5.56. The Kier molecular flexibility index (Phi) is 3.99. The average Bonchev–Trinajstić information content (AvgIpc) is 3.42. The highest BCUT2D eigenvalue weighted by molar-refractivity contribution is 5.98. The predicted octanol–water partition coefficient (Wildman–Crippen LogP) is 3.48. The first-order valence-electron chi connectivity index (χ1n) is 9.48. The smallest absolute Gasteiger partial charge is 0.227 e. The number of fused-ring (bicyclic) bond motifs is 1. The number of aromatic nitrogens is 3. The van der Waals surface area contributed by atoms with Gasteiger partial charge in [-0.3, -0.25) is 4.79 Å². The lowest BCUT2D eigenvalue weighted by atomic mass is 10.0. The van der Waals surface area contributed by atoms with Crippen molar-refractivity contribution in [3.8, 4) is 0 Å². The standard InChI is InChI=1S/C20H19F2N5O/c21-13-5-6-15(22)14(11-13)16-3-1-8-25(16)18-7-10-27-20(24-18)17(12-23-27)26-9-2-4-19(26)28/h5-7,10-12,16H,1-4,8-9H2/t16-/m1/s1. The van der Waals surface area contributed by atoms with Gasteiger partial charge in [0.15, 0.2) is 5.65 Å². The van der Waals surface area contributed by atoms with Gasteiger partial charge in [-0.25, -0.2) is 18.3 Å². The summed E-state index contributed by atoms with van der Waals surface area (Å²) < 4.78 is 29.7. The molecule has 1 aromatic carbocycles. The molecule has 0 bridgehead atoms. The Morgan fingerprint density at radius 1 is 1.11 bits per heavy atom. The third-order valence-electron chi connectivity index (χ3n) is 5.56. The van der Waals surface area contributed by atoms with Gasteiger partial charge in [-0.05, 0) is 43.5 Å². The highest BCUT2D eigenvalue weighted by atomic mass is 19.1. The Balaban J connectivity index is 1.55. The molecule has 0 aliphatic carbocycles. The van der Waals surface area contributed by atoms with Crippen LogP contribution in [0.1, 0.15) is 37.3 Å². The van der Waals surface area contributed by atoms with Crippen LogP contribution >= 0.6 is 0 Å². The number of rotatable bonds is 3. The van der Waals surface area contributed by atoms with Crippen molar-refractivity contribution in [1.29, 1.82) is 0 Å². The Bertz CT molecular complexity index is 1070. The summed E-state index contributed by atoms with van der Waals surface area (Å²) in [7, 11) is 0. The lowest BCUT2D eigenvalue weighted by molar-refractivity contribution is -0.117. The van der Waals surface area contributed by atoms with Crippen LogP contribution < -0.4 is 9.80 Å². The quantitative estimate of drug-likeness (QED) is 0.695. The lowest BCUT2D eigenvalue weighted by Gasteiger charge is -2.26. The van der Waals surface area contributed by atoms with E-state index in [0.29, 0.717) is 42.2 Å². The van der Waals surface area contributed by atoms with E-state index in [2.05, 4.69) is 5.10 Å². The second-order valence-corrected chi connectivity index (χ2v) is 7.25. The fourth-order valence-corrected chi connectivity index (χ4v) is 4.23. The van der Waals surface area contributed by atoms with E-state index in [1.165, 1.54) is 12.1 Å². The summed E-state index contributed by atoms with van der Waals surface area (Å²) in [5, 5.41) is 4.30. The molecule has 3 aromatic rings. The molecular formula is C20H19F2N5O. The molecule has 1 amide bonds. The van der Waals surface area contributed by atoms with Crippen molar-refractivity contribution in [3.63, 3.8) is 0 Å². The third kappa shape index (κ3) is 2.71. The molecule has 2 fully saturated rings. The van der Waals surface area contributed by atoms with Crippen LogP contribution in [0.4, 0.5) is 20.3 Å². The number of halogens is 2. The number of benzene rings is 1. The summed E-state index contributed by atoms with van der Waals surface area (Å²) in [6.45, 7) is 1.36. The first-order valence-corrected chi connectivity index (χ1v) is 9.48. The van der Waals surface area contributed by atoms with Gasteiger partial charge in [0.2, 0.25) is 5.91 Å². The molecule has 0 radical (unpaired) electrons. The number of hydrogen-bond acceptors (Lipinski definition) is 4. The normalized spacial score (nSPS) is 19.9. The van der Waals surface area contributed by atoms with Crippen LogP contribution in [-0.4, -0.2) is 33.6 Å². The second kappa shape index (κ2) is 6.54. The Morgan fingerprint density at radius 2 is 2.00 bits per heavy atom. The van der Waals surface area contributed by atoms with Crippen LogP contribution in [0.25, 0.3) is 5.65 Å². The number of amides is 1. The second-order valence-electron chi connectivity index (χ2n) is 7.25. The molecule has 0 N–H and O–H groups in total. The van der Waals surface area contributed by atoms with Crippen LogP contribution in [-0.2, 0) is 4.79 Å². The Morgan fingerprint density at radius 3 is 2.82 bits per heavy atom. The maximum Gasteiger partial charge on any atom is 0.227 e. The predicted molar refractivity (Wildman–Crippen MR) is 100 cm³/mol. The van der Waals surface area contributed by atoms with Gasteiger partial charge in [-0.2, -0.15) is 5.10 Å².